The minimum atomic E-state index is -2.85. The van der Waals surface area contributed by atoms with Crippen LogP contribution in [0.5, 0.6) is 5.88 Å². The zero-order valence-corrected chi connectivity index (χ0v) is 14.8. The Bertz CT molecular complexity index is 895. The Hall–Kier alpha value is -3.23. The van der Waals surface area contributed by atoms with Gasteiger partial charge in [0.15, 0.2) is 0 Å². The summed E-state index contributed by atoms with van der Waals surface area (Å²) in [5.41, 5.74) is 0.181. The predicted molar refractivity (Wildman–Crippen MR) is 96.0 cm³/mol. The summed E-state index contributed by atoms with van der Waals surface area (Å²) in [5.74, 6) is -0.975. The summed E-state index contributed by atoms with van der Waals surface area (Å²) in [7, 11) is 1.45. The quantitative estimate of drug-likeness (QED) is 0.859. The molecular formula is C17H21N5O4. The third kappa shape index (κ3) is 5.40. The van der Waals surface area contributed by atoms with Gasteiger partial charge in [0.2, 0.25) is 11.8 Å². The molecule has 0 spiro atoms. The average Bonchev–Trinajstić information content (AvgIpc) is 2.59. The Labute approximate surface area is 155 Å². The first-order valence-electron chi connectivity index (χ1n) is 9.08. The number of ether oxygens (including phenoxy) is 2. The molecule has 0 atom stereocenters. The van der Waals surface area contributed by atoms with Crippen molar-refractivity contribution in [3.8, 4) is 17.1 Å². The van der Waals surface area contributed by atoms with Gasteiger partial charge in [-0.05, 0) is 26.8 Å². The van der Waals surface area contributed by atoms with Crippen molar-refractivity contribution in [1.82, 2.24) is 15.2 Å². The molecule has 0 saturated heterocycles. The summed E-state index contributed by atoms with van der Waals surface area (Å²) in [6, 6.07) is 4.47. The highest BCUT2D eigenvalue weighted by molar-refractivity contribution is 5.94. The fourth-order valence-electron chi connectivity index (χ4n) is 1.93. The molecule has 2 aromatic rings. The van der Waals surface area contributed by atoms with Crippen LogP contribution in [0, 0.1) is 0 Å². The number of nitrogens with one attached hydrogen (secondary N) is 2. The summed E-state index contributed by atoms with van der Waals surface area (Å²) in [6.45, 7) is 2.27. The molecule has 0 bridgehead atoms. The molecule has 9 nitrogen and oxygen atoms in total. The third-order valence-electron chi connectivity index (χ3n) is 2.91. The first-order valence-corrected chi connectivity index (χ1v) is 7.58. The second kappa shape index (κ2) is 7.77. The number of nitrogens with zero attached hydrogens (tertiary/aromatic N) is 3. The lowest BCUT2D eigenvalue weighted by Crippen LogP contribution is -2.27. The van der Waals surface area contributed by atoms with Gasteiger partial charge >= 0.3 is 6.09 Å². The van der Waals surface area contributed by atoms with E-state index in [-0.39, 0.29) is 11.5 Å². The fraction of sp³-hybridized carbons (Fsp3) is 0.353. The van der Waals surface area contributed by atoms with E-state index in [0.717, 1.165) is 0 Å². The number of rotatable bonds is 4. The number of pyridine rings is 1. The maximum Gasteiger partial charge on any atom is 0.412 e. The molecule has 26 heavy (non-hydrogen) atoms. The molecule has 0 aliphatic carbocycles. The van der Waals surface area contributed by atoms with E-state index < -0.39 is 24.5 Å². The highest BCUT2D eigenvalue weighted by Crippen LogP contribution is 2.28. The Morgan fingerprint density at radius 2 is 1.96 bits per heavy atom. The van der Waals surface area contributed by atoms with Crippen molar-refractivity contribution in [2.75, 3.05) is 17.7 Å². The summed E-state index contributed by atoms with van der Waals surface area (Å²) in [4.78, 5) is 28.0. The maximum absolute atomic E-state index is 12.2. The number of hydrogen-bond donors (Lipinski definition) is 2. The first-order chi connectivity index (χ1) is 13.4. The Kier molecular flexibility index (Phi) is 4.50. The van der Waals surface area contributed by atoms with E-state index in [1.165, 1.54) is 19.4 Å². The molecule has 0 saturated carbocycles. The number of hydrogen-bond acceptors (Lipinski definition) is 7. The van der Waals surface area contributed by atoms with Gasteiger partial charge < -0.3 is 14.8 Å². The molecule has 0 radical (unpaired) electrons. The van der Waals surface area contributed by atoms with Crippen LogP contribution in [-0.2, 0) is 9.53 Å². The smallest absolute Gasteiger partial charge is 0.412 e. The number of anilines is 2. The molecule has 0 aromatic carbocycles. The second-order valence-corrected chi connectivity index (χ2v) is 6.16. The van der Waals surface area contributed by atoms with Gasteiger partial charge in [-0.25, -0.2) is 9.78 Å². The Balaban J connectivity index is 2.40. The zero-order valence-electron chi connectivity index (χ0n) is 17.8. The fourth-order valence-corrected chi connectivity index (χ4v) is 1.93. The summed E-state index contributed by atoms with van der Waals surface area (Å²) in [5, 5.41) is 12.6. The van der Waals surface area contributed by atoms with Crippen molar-refractivity contribution >= 4 is 23.5 Å². The molecule has 2 heterocycles. The zero-order chi connectivity index (χ0) is 21.8. The highest BCUT2D eigenvalue weighted by Gasteiger charge is 2.19. The van der Waals surface area contributed by atoms with Crippen LogP contribution in [-0.4, -0.2) is 39.9 Å². The Morgan fingerprint density at radius 3 is 2.54 bits per heavy atom. The first kappa shape index (κ1) is 15.1. The lowest BCUT2D eigenvalue weighted by Gasteiger charge is -2.20. The molecule has 0 aliphatic rings. The van der Waals surface area contributed by atoms with Crippen LogP contribution in [0.3, 0.4) is 0 Å². The van der Waals surface area contributed by atoms with Crippen LogP contribution >= 0.6 is 0 Å². The number of carbonyl (C=O) groups excluding carboxylic acids is 2. The normalized spacial score (nSPS) is 13.0. The molecule has 2 amide bonds. The van der Waals surface area contributed by atoms with Crippen LogP contribution in [0.4, 0.5) is 16.3 Å². The van der Waals surface area contributed by atoms with E-state index in [4.69, 9.17) is 13.6 Å². The van der Waals surface area contributed by atoms with Crippen molar-refractivity contribution in [3.05, 3.63) is 24.4 Å². The average molecular weight is 362 g/mol. The van der Waals surface area contributed by atoms with Crippen molar-refractivity contribution in [3.63, 3.8) is 0 Å². The minimum absolute atomic E-state index is 0.0672. The van der Waals surface area contributed by atoms with Crippen molar-refractivity contribution in [2.45, 2.75) is 33.2 Å². The van der Waals surface area contributed by atoms with E-state index in [0.29, 0.717) is 17.1 Å². The van der Waals surface area contributed by atoms with Gasteiger partial charge in [-0.15, -0.1) is 10.2 Å². The summed E-state index contributed by atoms with van der Waals surface area (Å²) >= 11 is 0. The highest BCUT2D eigenvalue weighted by atomic mass is 16.6. The van der Waals surface area contributed by atoms with Gasteiger partial charge in [0.1, 0.15) is 11.4 Å². The van der Waals surface area contributed by atoms with Crippen LogP contribution in [0.1, 0.15) is 31.7 Å². The molecule has 0 unspecified atom stereocenters. The van der Waals surface area contributed by atoms with Gasteiger partial charge in [0.05, 0.1) is 18.5 Å². The topological polar surface area (TPSA) is 115 Å². The second-order valence-electron chi connectivity index (χ2n) is 6.16. The lowest BCUT2D eigenvalue weighted by atomic mass is 10.1. The van der Waals surface area contributed by atoms with Gasteiger partial charge in [0.25, 0.3) is 0 Å². The largest absolute Gasteiger partial charge is 0.480 e. The lowest BCUT2D eigenvalue weighted by molar-refractivity contribution is -0.114. The van der Waals surface area contributed by atoms with E-state index in [1.807, 2.05) is 0 Å². The molecule has 0 fully saturated rings. The van der Waals surface area contributed by atoms with Gasteiger partial charge in [-0.2, -0.15) is 0 Å². The standard InChI is InChI=1S/C17H21N5O4/c1-10(23)19-14-8-13(20-16(24)26-17(2,3)4)11(9-18-14)12-6-7-15(25-5)22-21-12/h6-9H,1-5H3,(H2,18,19,20,23,24)/i1D3. The third-order valence-corrected chi connectivity index (χ3v) is 2.91. The molecule has 2 rings (SSSR count). The molecule has 2 aromatic heterocycles. The summed E-state index contributed by atoms with van der Waals surface area (Å²) in [6.07, 6.45) is 0.567. The maximum atomic E-state index is 12.2. The minimum Gasteiger partial charge on any atom is -0.480 e. The monoisotopic (exact) mass is 362 g/mol. The molecule has 138 valence electrons. The van der Waals surface area contributed by atoms with E-state index >= 15 is 0 Å². The van der Waals surface area contributed by atoms with Gasteiger partial charge in [0, 0.05) is 34.9 Å². The molecule has 9 heteroatoms. The van der Waals surface area contributed by atoms with Gasteiger partial charge in [-0.1, -0.05) is 0 Å². The van der Waals surface area contributed by atoms with E-state index in [9.17, 15) is 9.59 Å². The van der Waals surface area contributed by atoms with Crippen LogP contribution < -0.4 is 15.4 Å². The van der Waals surface area contributed by atoms with Crippen LogP contribution in [0.15, 0.2) is 24.4 Å². The molecular weight excluding hydrogens is 338 g/mol. The van der Waals surface area contributed by atoms with Crippen LogP contribution in [0.2, 0.25) is 0 Å². The predicted octanol–water partition coefficient (Wildman–Crippen LogP) is 2.85. The Morgan fingerprint density at radius 1 is 1.19 bits per heavy atom. The number of carbonyl (C=O) groups is 2. The van der Waals surface area contributed by atoms with E-state index in [1.54, 1.807) is 32.9 Å². The van der Waals surface area contributed by atoms with Crippen LogP contribution in [0.25, 0.3) is 11.3 Å². The molecule has 2 N–H and O–H groups in total. The number of amides is 2. The van der Waals surface area contributed by atoms with Crippen molar-refractivity contribution in [1.29, 1.82) is 0 Å². The van der Waals surface area contributed by atoms with E-state index in [2.05, 4.69) is 25.8 Å². The van der Waals surface area contributed by atoms with Crippen molar-refractivity contribution in [2.24, 2.45) is 0 Å². The molecule has 0 aliphatic heterocycles. The number of methoxy groups -OCH3 is 1. The SMILES string of the molecule is [2H]C([2H])([2H])C(=O)Nc1cc(NC(=O)OC(C)(C)C)c(-c2ccc(OC)nn2)cn1. The van der Waals surface area contributed by atoms with Gasteiger partial charge in [-0.3, -0.25) is 10.1 Å². The number of aromatic nitrogens is 3. The van der Waals surface area contributed by atoms with Crippen molar-refractivity contribution < 1.29 is 23.2 Å². The summed E-state index contributed by atoms with van der Waals surface area (Å²) < 4.78 is 31.6.